The highest BCUT2D eigenvalue weighted by atomic mass is 32.1. The van der Waals surface area contributed by atoms with E-state index in [9.17, 15) is 0 Å². The summed E-state index contributed by atoms with van der Waals surface area (Å²) in [6.45, 7) is 0. The molecule has 1 aromatic heterocycles. The van der Waals surface area contributed by atoms with Crippen LogP contribution in [0.5, 0.6) is 0 Å². The van der Waals surface area contributed by atoms with Crippen LogP contribution in [-0.4, -0.2) is 0 Å². The third kappa shape index (κ3) is 4.88. The zero-order chi connectivity index (χ0) is 40.1. The SMILES string of the molecule is c1ccc(-c2cccc(-c3cccc(N(c4cccc5c4-c4ccccc4C54c5ccccc5-c5ccccc54)c4cccc5c4sc4ccc6ccccc6c45)c3)c2)cc1. The summed E-state index contributed by atoms with van der Waals surface area (Å²) in [5.74, 6) is 0. The summed E-state index contributed by atoms with van der Waals surface area (Å²) in [4.78, 5) is 2.56. The van der Waals surface area contributed by atoms with Gasteiger partial charge in [-0.2, -0.15) is 0 Å². The molecule has 0 bridgehead atoms. The van der Waals surface area contributed by atoms with E-state index in [1.807, 2.05) is 11.3 Å². The lowest BCUT2D eigenvalue weighted by atomic mass is 9.70. The normalized spacial score (nSPS) is 13.0. The van der Waals surface area contributed by atoms with E-state index in [1.54, 1.807) is 0 Å². The fourth-order valence-electron chi connectivity index (χ4n) is 10.8. The minimum Gasteiger partial charge on any atom is -0.308 e. The molecule has 11 aromatic rings. The fraction of sp³-hybridized carbons (Fsp3) is 0.0169. The summed E-state index contributed by atoms with van der Waals surface area (Å²) < 4.78 is 2.58. The summed E-state index contributed by atoms with van der Waals surface area (Å²) in [5.41, 5.74) is 18.4. The molecule has 0 aliphatic heterocycles. The Morgan fingerprint density at radius 3 is 1.69 bits per heavy atom. The number of hydrogen-bond donors (Lipinski definition) is 0. The van der Waals surface area contributed by atoms with Gasteiger partial charge in [0.2, 0.25) is 0 Å². The van der Waals surface area contributed by atoms with E-state index < -0.39 is 5.41 Å². The van der Waals surface area contributed by atoms with Crippen molar-refractivity contribution in [3.63, 3.8) is 0 Å². The average Bonchev–Trinajstić information content (AvgIpc) is 3.97. The van der Waals surface area contributed by atoms with Gasteiger partial charge in [-0.15, -0.1) is 11.3 Å². The van der Waals surface area contributed by atoms with Crippen molar-refractivity contribution in [1.82, 2.24) is 0 Å². The van der Waals surface area contributed by atoms with Crippen molar-refractivity contribution in [2.45, 2.75) is 5.41 Å². The molecular weight excluding hydrogens is 755 g/mol. The van der Waals surface area contributed by atoms with Gasteiger partial charge in [0.15, 0.2) is 0 Å². The van der Waals surface area contributed by atoms with E-state index in [2.05, 4.69) is 229 Å². The van der Waals surface area contributed by atoms with Gasteiger partial charge in [0.25, 0.3) is 0 Å². The maximum Gasteiger partial charge on any atom is 0.0726 e. The maximum atomic E-state index is 2.56. The first-order valence-electron chi connectivity index (χ1n) is 21.1. The van der Waals surface area contributed by atoms with Crippen LogP contribution in [0.1, 0.15) is 22.3 Å². The predicted octanol–water partition coefficient (Wildman–Crippen LogP) is 16.4. The molecule has 0 saturated heterocycles. The van der Waals surface area contributed by atoms with E-state index in [0.29, 0.717) is 0 Å². The highest BCUT2D eigenvalue weighted by molar-refractivity contribution is 7.26. The van der Waals surface area contributed by atoms with Gasteiger partial charge in [-0.05, 0) is 108 Å². The first-order chi connectivity index (χ1) is 30.3. The van der Waals surface area contributed by atoms with Crippen molar-refractivity contribution in [2.75, 3.05) is 4.90 Å². The van der Waals surface area contributed by atoms with Gasteiger partial charge in [0, 0.05) is 26.7 Å². The summed E-state index contributed by atoms with van der Waals surface area (Å²) in [6.07, 6.45) is 0. The van der Waals surface area contributed by atoms with Crippen molar-refractivity contribution in [2.24, 2.45) is 0 Å². The Morgan fingerprint density at radius 2 is 0.902 bits per heavy atom. The van der Waals surface area contributed by atoms with Crippen LogP contribution in [0.25, 0.3) is 75.5 Å². The van der Waals surface area contributed by atoms with Crippen LogP contribution in [-0.2, 0) is 5.41 Å². The zero-order valence-electron chi connectivity index (χ0n) is 33.2. The third-order valence-corrected chi connectivity index (χ3v) is 14.4. The first kappa shape index (κ1) is 34.4. The molecule has 0 N–H and O–H groups in total. The molecule has 61 heavy (non-hydrogen) atoms. The van der Waals surface area contributed by atoms with Gasteiger partial charge in [0.1, 0.15) is 0 Å². The monoisotopic (exact) mass is 791 g/mol. The van der Waals surface area contributed by atoms with Crippen molar-refractivity contribution in [3.8, 4) is 44.5 Å². The molecule has 2 aliphatic carbocycles. The van der Waals surface area contributed by atoms with Crippen LogP contribution in [0.15, 0.2) is 224 Å². The summed E-state index contributed by atoms with van der Waals surface area (Å²) in [7, 11) is 0. The Labute approximate surface area is 359 Å². The van der Waals surface area contributed by atoms with Crippen molar-refractivity contribution >= 4 is 59.3 Å². The van der Waals surface area contributed by atoms with Crippen LogP contribution in [0.4, 0.5) is 17.1 Å². The van der Waals surface area contributed by atoms with E-state index in [1.165, 1.54) is 109 Å². The molecule has 284 valence electrons. The molecule has 0 amide bonds. The van der Waals surface area contributed by atoms with Crippen molar-refractivity contribution in [3.05, 3.63) is 247 Å². The van der Waals surface area contributed by atoms with Gasteiger partial charge in [-0.1, -0.05) is 188 Å². The van der Waals surface area contributed by atoms with Crippen LogP contribution in [0.3, 0.4) is 0 Å². The predicted molar refractivity (Wildman–Crippen MR) is 259 cm³/mol. The van der Waals surface area contributed by atoms with Gasteiger partial charge < -0.3 is 4.90 Å². The molecule has 2 heteroatoms. The minimum atomic E-state index is -0.441. The largest absolute Gasteiger partial charge is 0.308 e. The molecular formula is C59H37NS. The van der Waals surface area contributed by atoms with Gasteiger partial charge in [-0.25, -0.2) is 0 Å². The first-order valence-corrected chi connectivity index (χ1v) is 21.9. The Balaban J connectivity index is 1.10. The smallest absolute Gasteiger partial charge is 0.0726 e. The number of hydrogen-bond acceptors (Lipinski definition) is 2. The molecule has 1 nitrogen and oxygen atoms in total. The van der Waals surface area contributed by atoms with Gasteiger partial charge in [0.05, 0.1) is 21.5 Å². The van der Waals surface area contributed by atoms with Gasteiger partial charge in [-0.3, -0.25) is 0 Å². The van der Waals surface area contributed by atoms with Crippen molar-refractivity contribution in [1.29, 1.82) is 0 Å². The lowest BCUT2D eigenvalue weighted by Crippen LogP contribution is -2.26. The number of rotatable bonds is 5. The van der Waals surface area contributed by atoms with Crippen LogP contribution in [0.2, 0.25) is 0 Å². The van der Waals surface area contributed by atoms with Crippen LogP contribution in [0, 0.1) is 0 Å². The lowest BCUT2D eigenvalue weighted by molar-refractivity contribution is 0.794. The fourth-order valence-corrected chi connectivity index (χ4v) is 12.0. The molecule has 1 heterocycles. The molecule has 0 fully saturated rings. The number of fused-ring (bicyclic) bond motifs is 15. The highest BCUT2D eigenvalue weighted by Crippen LogP contribution is 2.65. The van der Waals surface area contributed by atoms with Crippen molar-refractivity contribution < 1.29 is 0 Å². The van der Waals surface area contributed by atoms with E-state index >= 15 is 0 Å². The molecule has 1 spiro atoms. The molecule has 2 aliphatic rings. The second kappa shape index (κ2) is 13.2. The molecule has 10 aromatic carbocycles. The minimum absolute atomic E-state index is 0.441. The number of nitrogens with zero attached hydrogens (tertiary/aromatic N) is 1. The summed E-state index contributed by atoms with van der Waals surface area (Å²) in [6, 6.07) is 83.5. The lowest BCUT2D eigenvalue weighted by Gasteiger charge is -2.32. The molecule has 0 radical (unpaired) electrons. The Bertz CT molecular complexity index is 3510. The molecule has 0 atom stereocenters. The van der Waals surface area contributed by atoms with Crippen LogP contribution >= 0.6 is 11.3 Å². The summed E-state index contributed by atoms with van der Waals surface area (Å²) >= 11 is 1.90. The van der Waals surface area contributed by atoms with E-state index in [0.717, 1.165) is 5.69 Å². The standard InChI is InChI=1S/C59H37NS/c1-2-16-38(17-3-1)40-19-12-20-41(36-40)42-21-13-22-43(37-42)60(54-33-14-27-48-56-44-23-5-4-18-39(44)34-35-55(56)61-58(48)54)53-32-15-31-52-57(53)47-26-8-11-30-51(47)59(52)49-28-9-6-24-45(49)46-25-7-10-29-50(46)59/h1-37H. The summed E-state index contributed by atoms with van der Waals surface area (Å²) in [5, 5.41) is 5.18. The topological polar surface area (TPSA) is 3.24 Å². The number of benzene rings is 10. The molecule has 0 saturated carbocycles. The third-order valence-electron chi connectivity index (χ3n) is 13.3. The second-order valence-corrected chi connectivity index (χ2v) is 17.4. The van der Waals surface area contributed by atoms with Gasteiger partial charge >= 0.3 is 0 Å². The van der Waals surface area contributed by atoms with E-state index in [-0.39, 0.29) is 0 Å². The quantitative estimate of drug-likeness (QED) is 0.168. The molecule has 0 unspecified atom stereocenters. The number of thiophene rings is 1. The zero-order valence-corrected chi connectivity index (χ0v) is 34.0. The Hall–Kier alpha value is -7.52. The maximum absolute atomic E-state index is 2.56. The second-order valence-electron chi connectivity index (χ2n) is 16.3. The van der Waals surface area contributed by atoms with E-state index in [4.69, 9.17) is 0 Å². The Kier molecular flexibility index (Phi) is 7.46. The molecule has 13 rings (SSSR count). The Morgan fingerprint density at radius 1 is 0.361 bits per heavy atom. The highest BCUT2D eigenvalue weighted by Gasteiger charge is 2.52. The number of anilines is 3. The average molecular weight is 792 g/mol. The van der Waals surface area contributed by atoms with Crippen LogP contribution < -0.4 is 4.90 Å².